The van der Waals surface area contributed by atoms with Gasteiger partial charge >= 0.3 is 0 Å². The first-order chi connectivity index (χ1) is 8.14. The van der Waals surface area contributed by atoms with E-state index in [1.807, 2.05) is 13.8 Å². The molecule has 1 aliphatic heterocycles. The van der Waals surface area contributed by atoms with Crippen molar-refractivity contribution in [2.24, 2.45) is 0 Å². The predicted octanol–water partition coefficient (Wildman–Crippen LogP) is 1.57. The van der Waals surface area contributed by atoms with Gasteiger partial charge in [-0.3, -0.25) is 4.18 Å². The number of rotatable bonds is 3. The first-order valence-corrected chi connectivity index (χ1v) is 8.24. The molecule has 2 saturated carbocycles. The third kappa shape index (κ3) is 2.43. The van der Waals surface area contributed by atoms with Crippen molar-refractivity contribution in [3.63, 3.8) is 0 Å². The van der Waals surface area contributed by atoms with Gasteiger partial charge in [-0.2, -0.15) is 8.42 Å². The van der Waals surface area contributed by atoms with Crippen molar-refractivity contribution < 1.29 is 22.1 Å². The van der Waals surface area contributed by atoms with Gasteiger partial charge in [0.1, 0.15) is 5.60 Å². The van der Waals surface area contributed by atoms with Crippen molar-refractivity contribution in [2.75, 3.05) is 6.26 Å². The fourth-order valence-electron chi connectivity index (χ4n) is 2.93. The summed E-state index contributed by atoms with van der Waals surface area (Å²) in [5.41, 5.74) is -0.729. The van der Waals surface area contributed by atoms with Crippen molar-refractivity contribution in [3.05, 3.63) is 0 Å². The second kappa shape index (κ2) is 3.48. The third-order valence-corrected chi connectivity index (χ3v) is 4.54. The van der Waals surface area contributed by atoms with Crippen LogP contribution in [-0.2, 0) is 23.8 Å². The van der Waals surface area contributed by atoms with Crippen LogP contribution in [0, 0.1) is 0 Å². The summed E-state index contributed by atoms with van der Waals surface area (Å²) < 4.78 is 39.8. The molecule has 104 valence electrons. The fraction of sp³-hybridized carbons (Fsp3) is 1.00. The predicted molar refractivity (Wildman–Crippen MR) is 64.5 cm³/mol. The second-order valence-electron chi connectivity index (χ2n) is 6.35. The third-order valence-electron chi connectivity index (χ3n) is 3.90. The Hall–Kier alpha value is -0.170. The van der Waals surface area contributed by atoms with Gasteiger partial charge in [0.15, 0.2) is 5.79 Å². The van der Waals surface area contributed by atoms with E-state index in [0.717, 1.165) is 38.4 Å². The minimum absolute atomic E-state index is 0.0944. The minimum Gasteiger partial charge on any atom is -0.344 e. The highest BCUT2D eigenvalue weighted by molar-refractivity contribution is 7.86. The molecule has 6 heteroatoms. The zero-order valence-electron chi connectivity index (χ0n) is 11.1. The molecule has 0 aromatic heterocycles. The highest BCUT2D eigenvalue weighted by atomic mass is 32.2. The molecular weight excluding hydrogens is 256 g/mol. The molecule has 1 spiro atoms. The van der Waals surface area contributed by atoms with E-state index in [1.165, 1.54) is 0 Å². The highest BCUT2D eigenvalue weighted by Crippen LogP contribution is 2.57. The maximum atomic E-state index is 11.4. The van der Waals surface area contributed by atoms with Gasteiger partial charge in [-0.05, 0) is 39.5 Å². The van der Waals surface area contributed by atoms with Gasteiger partial charge in [-0.15, -0.1) is 0 Å². The quantitative estimate of drug-likeness (QED) is 0.732. The smallest absolute Gasteiger partial charge is 0.265 e. The van der Waals surface area contributed by atoms with Gasteiger partial charge < -0.3 is 9.47 Å². The van der Waals surface area contributed by atoms with Crippen LogP contribution in [0.1, 0.15) is 46.0 Å². The van der Waals surface area contributed by atoms with Crippen LogP contribution in [0.25, 0.3) is 0 Å². The molecule has 0 unspecified atom stereocenters. The lowest BCUT2D eigenvalue weighted by molar-refractivity contribution is -0.322. The molecule has 0 aromatic carbocycles. The minimum atomic E-state index is -3.44. The first kappa shape index (κ1) is 12.8. The number of ether oxygens (including phenoxy) is 2. The molecule has 0 aromatic rings. The van der Waals surface area contributed by atoms with Gasteiger partial charge in [0, 0.05) is 6.42 Å². The molecule has 0 bridgehead atoms. The summed E-state index contributed by atoms with van der Waals surface area (Å²) >= 11 is 0. The van der Waals surface area contributed by atoms with Crippen molar-refractivity contribution in [2.45, 2.75) is 69.0 Å². The van der Waals surface area contributed by atoms with Crippen molar-refractivity contribution in [1.29, 1.82) is 0 Å². The second-order valence-corrected chi connectivity index (χ2v) is 7.92. The van der Waals surface area contributed by atoms with Crippen LogP contribution in [-0.4, -0.2) is 37.8 Å². The van der Waals surface area contributed by atoms with E-state index in [9.17, 15) is 8.42 Å². The van der Waals surface area contributed by atoms with Gasteiger partial charge in [-0.25, -0.2) is 0 Å². The Morgan fingerprint density at radius 3 is 2.22 bits per heavy atom. The van der Waals surface area contributed by atoms with E-state index in [-0.39, 0.29) is 11.7 Å². The lowest BCUT2D eigenvalue weighted by Crippen LogP contribution is -2.51. The van der Waals surface area contributed by atoms with Crippen molar-refractivity contribution >= 4 is 10.1 Å². The summed E-state index contributed by atoms with van der Waals surface area (Å²) in [6.07, 6.45) is 5.22. The van der Waals surface area contributed by atoms with Crippen LogP contribution in [0.4, 0.5) is 0 Å². The van der Waals surface area contributed by atoms with E-state index in [0.29, 0.717) is 0 Å². The molecule has 3 fully saturated rings. The first-order valence-electron chi connectivity index (χ1n) is 6.43. The summed E-state index contributed by atoms with van der Waals surface area (Å²) in [6, 6.07) is 0. The molecule has 1 heterocycles. The van der Waals surface area contributed by atoms with Gasteiger partial charge in [0.05, 0.1) is 18.0 Å². The van der Waals surface area contributed by atoms with Crippen molar-refractivity contribution in [1.82, 2.24) is 0 Å². The highest BCUT2D eigenvalue weighted by Gasteiger charge is 2.63. The summed E-state index contributed by atoms with van der Waals surface area (Å²) in [5, 5.41) is 0. The van der Waals surface area contributed by atoms with E-state index >= 15 is 0 Å². The molecule has 0 amide bonds. The molecular formula is C12H20O5S. The topological polar surface area (TPSA) is 61.8 Å². The summed E-state index contributed by atoms with van der Waals surface area (Å²) in [7, 11) is -3.44. The van der Waals surface area contributed by atoms with Crippen LogP contribution in [0.5, 0.6) is 0 Å². The SMILES string of the molecule is CC1(C)O[C@@H](C2(OS(C)(=O)=O)CC2)CC2(CC2)O1. The standard InChI is InChI=1S/C12H20O5S/c1-10(2)15-9(8-11(16-10)4-5-11)12(6-7-12)17-18(3,13)14/h9H,4-8H2,1-3H3/t9-/m1/s1. The van der Waals surface area contributed by atoms with Crippen LogP contribution < -0.4 is 0 Å². The van der Waals surface area contributed by atoms with E-state index in [2.05, 4.69) is 0 Å². The van der Waals surface area contributed by atoms with Crippen molar-refractivity contribution in [3.8, 4) is 0 Å². The van der Waals surface area contributed by atoms with E-state index in [1.54, 1.807) is 0 Å². The lowest BCUT2D eigenvalue weighted by Gasteiger charge is -2.43. The summed E-state index contributed by atoms with van der Waals surface area (Å²) in [4.78, 5) is 0. The van der Waals surface area contributed by atoms with Crippen LogP contribution in [0.2, 0.25) is 0 Å². The molecule has 0 radical (unpaired) electrons. The maximum absolute atomic E-state index is 11.4. The molecule has 2 aliphatic carbocycles. The van der Waals surface area contributed by atoms with Gasteiger partial charge in [0.25, 0.3) is 10.1 Å². The fourth-order valence-corrected chi connectivity index (χ4v) is 3.81. The molecule has 18 heavy (non-hydrogen) atoms. The average Bonchev–Trinajstić information content (AvgIpc) is 3.02. The van der Waals surface area contributed by atoms with E-state index in [4.69, 9.17) is 13.7 Å². The lowest BCUT2D eigenvalue weighted by atomic mass is 10.0. The molecule has 5 nitrogen and oxygen atoms in total. The Balaban J connectivity index is 1.80. The largest absolute Gasteiger partial charge is 0.344 e. The van der Waals surface area contributed by atoms with Crippen LogP contribution >= 0.6 is 0 Å². The van der Waals surface area contributed by atoms with Gasteiger partial charge in [-0.1, -0.05) is 0 Å². The Bertz CT molecular complexity index is 453. The Morgan fingerprint density at radius 2 is 1.78 bits per heavy atom. The Labute approximate surface area is 108 Å². The Kier molecular flexibility index (Phi) is 2.48. The van der Waals surface area contributed by atoms with E-state index < -0.39 is 21.5 Å². The average molecular weight is 276 g/mol. The molecule has 3 rings (SSSR count). The Morgan fingerprint density at radius 1 is 1.17 bits per heavy atom. The summed E-state index contributed by atoms with van der Waals surface area (Å²) in [6.45, 7) is 3.77. The summed E-state index contributed by atoms with van der Waals surface area (Å²) in [5.74, 6) is -0.657. The van der Waals surface area contributed by atoms with Crippen LogP contribution in [0.15, 0.2) is 0 Å². The monoisotopic (exact) mass is 276 g/mol. The molecule has 0 N–H and O–H groups in total. The maximum Gasteiger partial charge on any atom is 0.265 e. The number of hydrogen-bond donors (Lipinski definition) is 0. The zero-order chi connectivity index (χ0) is 13.2. The molecule has 1 atom stereocenters. The van der Waals surface area contributed by atoms with Crippen LogP contribution in [0.3, 0.4) is 0 Å². The molecule has 3 aliphatic rings. The molecule has 1 saturated heterocycles. The van der Waals surface area contributed by atoms with Gasteiger partial charge in [0.2, 0.25) is 0 Å². The zero-order valence-corrected chi connectivity index (χ0v) is 11.9. The normalized spacial score (nSPS) is 35.4. The number of hydrogen-bond acceptors (Lipinski definition) is 5.